The number of carboxylic acid groups (broad SMARTS) is 1. The van der Waals surface area contributed by atoms with Crippen molar-refractivity contribution < 1.29 is 27.8 Å². The number of rotatable bonds is 8. The van der Waals surface area contributed by atoms with Gasteiger partial charge in [-0.2, -0.15) is 4.72 Å². The molecule has 0 spiro atoms. The Bertz CT molecular complexity index is 626. The molecular weight excluding hydrogens is 357 g/mol. The summed E-state index contributed by atoms with van der Waals surface area (Å²) in [6, 6.07) is 0.971. The summed E-state index contributed by atoms with van der Waals surface area (Å²) in [7, 11) is -2.57. The van der Waals surface area contributed by atoms with E-state index in [1.54, 1.807) is 0 Å². The maximum atomic E-state index is 12.1. The maximum Gasteiger partial charge on any atom is 0.321 e. The van der Waals surface area contributed by atoms with Gasteiger partial charge in [-0.05, 0) is 19.1 Å². The molecule has 0 heterocycles. The summed E-state index contributed by atoms with van der Waals surface area (Å²) in [4.78, 5) is 10.5. The Morgan fingerprint density at radius 2 is 1.86 bits per heavy atom. The highest BCUT2D eigenvalue weighted by Gasteiger charge is 2.23. The minimum absolute atomic E-state index is 0.00745. The quantitative estimate of drug-likeness (QED) is 0.675. The molecule has 22 heavy (non-hydrogen) atoms. The minimum Gasteiger partial charge on any atom is -0.488 e. The van der Waals surface area contributed by atoms with E-state index in [1.165, 1.54) is 14.0 Å². The Labute approximate surface area is 138 Å². The molecule has 0 radical (unpaired) electrons. The summed E-state index contributed by atoms with van der Waals surface area (Å²) >= 11 is 11.9. The van der Waals surface area contributed by atoms with Gasteiger partial charge in [-0.1, -0.05) is 23.2 Å². The number of ether oxygens (including phenoxy) is 2. The van der Waals surface area contributed by atoms with Crippen molar-refractivity contribution in [2.45, 2.75) is 17.9 Å². The molecule has 10 heteroatoms. The fourth-order valence-corrected chi connectivity index (χ4v) is 3.38. The summed E-state index contributed by atoms with van der Waals surface area (Å²) in [6.45, 7) is 1.70. The first kappa shape index (κ1) is 19.0. The van der Waals surface area contributed by atoms with Crippen LogP contribution in [0.4, 0.5) is 0 Å². The number of carbonyl (C=O) groups is 1. The van der Waals surface area contributed by atoms with Gasteiger partial charge in [0.1, 0.15) is 12.6 Å². The molecule has 0 saturated heterocycles. The van der Waals surface area contributed by atoms with E-state index in [9.17, 15) is 13.2 Å². The van der Waals surface area contributed by atoms with Crippen LogP contribution in [0.25, 0.3) is 0 Å². The van der Waals surface area contributed by atoms with Crippen molar-refractivity contribution >= 4 is 39.2 Å². The number of benzene rings is 1. The molecule has 7 nitrogen and oxygen atoms in total. The van der Waals surface area contributed by atoms with Crippen molar-refractivity contribution in [2.75, 3.05) is 20.3 Å². The maximum absolute atomic E-state index is 12.1. The van der Waals surface area contributed by atoms with Crippen molar-refractivity contribution in [3.8, 4) is 5.75 Å². The molecule has 0 fully saturated rings. The zero-order valence-corrected chi connectivity index (χ0v) is 14.1. The van der Waals surface area contributed by atoms with Gasteiger partial charge in [0, 0.05) is 7.11 Å². The third-order valence-electron chi connectivity index (χ3n) is 2.52. The molecule has 0 bridgehead atoms. The van der Waals surface area contributed by atoms with E-state index >= 15 is 0 Å². The lowest BCUT2D eigenvalue weighted by Crippen LogP contribution is -2.38. The van der Waals surface area contributed by atoms with E-state index in [0.29, 0.717) is 6.61 Å². The molecule has 1 atom stereocenters. The number of sulfonamides is 1. The Hall–Kier alpha value is -1.06. The molecule has 2 N–H and O–H groups in total. The van der Waals surface area contributed by atoms with Crippen LogP contribution in [0.2, 0.25) is 10.0 Å². The summed E-state index contributed by atoms with van der Waals surface area (Å²) < 4.78 is 36.2. The normalized spacial score (nSPS) is 12.9. The van der Waals surface area contributed by atoms with Gasteiger partial charge in [0.05, 0.1) is 21.5 Å². The van der Waals surface area contributed by atoms with E-state index in [2.05, 4.69) is 0 Å². The number of hydrogen-bond donors (Lipinski definition) is 2. The SMILES string of the molecule is COCCOc1c(Cl)cc(S(=O)(=O)N[C@H](C)C(=O)O)cc1Cl. The van der Waals surface area contributed by atoms with E-state index in [-0.39, 0.29) is 27.3 Å². The molecule has 0 aliphatic carbocycles. The first-order valence-electron chi connectivity index (χ1n) is 6.05. The van der Waals surface area contributed by atoms with Crippen molar-refractivity contribution in [3.63, 3.8) is 0 Å². The van der Waals surface area contributed by atoms with Gasteiger partial charge in [-0.25, -0.2) is 8.42 Å². The van der Waals surface area contributed by atoms with E-state index in [4.69, 9.17) is 37.8 Å². The van der Waals surface area contributed by atoms with Gasteiger partial charge in [-0.3, -0.25) is 4.79 Å². The monoisotopic (exact) mass is 371 g/mol. The standard InChI is InChI=1S/C12H15Cl2NO6S/c1-7(12(16)17)15-22(18,19)8-5-9(13)11(10(14)6-8)21-4-3-20-2/h5-7,15H,3-4H2,1-2H3,(H,16,17)/t7-/m1/s1. The van der Waals surface area contributed by atoms with Gasteiger partial charge in [0.25, 0.3) is 0 Å². The highest BCUT2D eigenvalue weighted by molar-refractivity contribution is 7.89. The Kier molecular flexibility index (Phi) is 6.89. The fraction of sp³-hybridized carbons (Fsp3) is 0.417. The van der Waals surface area contributed by atoms with E-state index in [1.807, 2.05) is 4.72 Å². The zero-order chi connectivity index (χ0) is 16.9. The predicted molar refractivity (Wildman–Crippen MR) is 81.3 cm³/mol. The van der Waals surface area contributed by atoms with E-state index < -0.39 is 22.0 Å². The molecule has 0 unspecified atom stereocenters. The average Bonchev–Trinajstić information content (AvgIpc) is 2.41. The second kappa shape index (κ2) is 7.98. The highest BCUT2D eigenvalue weighted by atomic mass is 35.5. The minimum atomic E-state index is -4.07. The third kappa shape index (κ3) is 4.99. The number of hydrogen-bond acceptors (Lipinski definition) is 5. The molecule has 0 aromatic heterocycles. The van der Waals surface area contributed by atoms with Gasteiger partial charge >= 0.3 is 5.97 Å². The highest BCUT2D eigenvalue weighted by Crippen LogP contribution is 2.35. The van der Waals surface area contributed by atoms with Crippen LogP contribution in [0.3, 0.4) is 0 Å². The molecule has 124 valence electrons. The fourth-order valence-electron chi connectivity index (χ4n) is 1.41. The number of halogens is 2. The molecule has 0 aliphatic heterocycles. The average molecular weight is 372 g/mol. The first-order chi connectivity index (χ1) is 10.2. The van der Waals surface area contributed by atoms with Crippen molar-refractivity contribution in [1.82, 2.24) is 4.72 Å². The predicted octanol–water partition coefficient (Wildman–Crippen LogP) is 1.77. The van der Waals surface area contributed by atoms with Gasteiger partial charge < -0.3 is 14.6 Å². The lowest BCUT2D eigenvalue weighted by atomic mass is 10.3. The smallest absolute Gasteiger partial charge is 0.321 e. The second-order valence-corrected chi connectivity index (χ2v) is 6.77. The molecule has 1 aromatic carbocycles. The van der Waals surface area contributed by atoms with Crippen LogP contribution >= 0.6 is 23.2 Å². The van der Waals surface area contributed by atoms with Crippen molar-refractivity contribution in [3.05, 3.63) is 22.2 Å². The van der Waals surface area contributed by atoms with Gasteiger partial charge in [0.2, 0.25) is 10.0 Å². The van der Waals surface area contributed by atoms with Crippen LogP contribution in [0.5, 0.6) is 5.75 Å². The summed E-state index contributed by atoms with van der Waals surface area (Å²) in [6.07, 6.45) is 0. The van der Waals surface area contributed by atoms with Crippen LogP contribution in [0, 0.1) is 0 Å². The summed E-state index contributed by atoms with van der Waals surface area (Å²) in [5.41, 5.74) is 0. The van der Waals surface area contributed by atoms with Crippen LogP contribution in [-0.2, 0) is 19.6 Å². The topological polar surface area (TPSA) is 102 Å². The molecule has 0 saturated carbocycles. The molecule has 0 amide bonds. The number of methoxy groups -OCH3 is 1. The summed E-state index contributed by atoms with van der Waals surface area (Å²) in [5, 5.41) is 8.74. The molecule has 0 aliphatic rings. The lowest BCUT2D eigenvalue weighted by molar-refractivity contribution is -0.138. The first-order valence-corrected chi connectivity index (χ1v) is 8.29. The lowest BCUT2D eigenvalue weighted by Gasteiger charge is -2.13. The van der Waals surface area contributed by atoms with Gasteiger partial charge in [-0.15, -0.1) is 0 Å². The second-order valence-electron chi connectivity index (χ2n) is 4.24. The number of aliphatic carboxylic acids is 1. The Morgan fingerprint density at radius 1 is 1.32 bits per heavy atom. The Morgan fingerprint density at radius 3 is 2.32 bits per heavy atom. The van der Waals surface area contributed by atoms with Crippen LogP contribution < -0.4 is 9.46 Å². The summed E-state index contributed by atoms with van der Waals surface area (Å²) in [5.74, 6) is -1.18. The molecule has 1 aromatic rings. The van der Waals surface area contributed by atoms with Crippen LogP contribution in [-0.4, -0.2) is 45.9 Å². The van der Waals surface area contributed by atoms with Crippen molar-refractivity contribution in [1.29, 1.82) is 0 Å². The zero-order valence-electron chi connectivity index (χ0n) is 11.8. The number of carboxylic acids is 1. The molecule has 1 rings (SSSR count). The van der Waals surface area contributed by atoms with Gasteiger partial charge in [0.15, 0.2) is 5.75 Å². The number of nitrogens with one attached hydrogen (secondary N) is 1. The van der Waals surface area contributed by atoms with Crippen LogP contribution in [0.15, 0.2) is 17.0 Å². The molecular formula is C12H15Cl2NO6S. The Balaban J connectivity index is 3.05. The largest absolute Gasteiger partial charge is 0.488 e. The third-order valence-corrected chi connectivity index (χ3v) is 4.60. The van der Waals surface area contributed by atoms with Crippen LogP contribution in [0.1, 0.15) is 6.92 Å². The van der Waals surface area contributed by atoms with Crippen molar-refractivity contribution in [2.24, 2.45) is 0 Å². The van der Waals surface area contributed by atoms with E-state index in [0.717, 1.165) is 12.1 Å².